The molecule has 0 radical (unpaired) electrons. The van der Waals surface area contributed by atoms with Gasteiger partial charge in [-0.15, -0.1) is 0 Å². The molecule has 0 aromatic rings. The first kappa shape index (κ1) is 24.8. The Morgan fingerprint density at radius 2 is 1.62 bits per heavy atom. The fourth-order valence-corrected chi connectivity index (χ4v) is 10.2. The minimum absolute atomic E-state index is 0.0888. The van der Waals surface area contributed by atoms with Crippen molar-refractivity contribution >= 4 is 0 Å². The van der Waals surface area contributed by atoms with Crippen LogP contribution in [0.2, 0.25) is 0 Å². The molecule has 1 unspecified atom stereocenters. The van der Waals surface area contributed by atoms with Gasteiger partial charge in [0.2, 0.25) is 0 Å². The Kier molecular flexibility index (Phi) is 7.02. The standard InChI is InChI=1S/C31H54O/c1-8-31(9-2)27-16-13-23-25-15-14-24(22(5)12-10-11-21(3)4)29(25,6)19-17-26(23)30(27,7)20-18-28(31)32/h21-22,24-25,27-28,32H,8-20H2,1-7H3/t22-,24-,25+,27?,28+,29-,30-/m1/s1. The molecule has 0 aromatic carbocycles. The molecule has 184 valence electrons. The summed E-state index contributed by atoms with van der Waals surface area (Å²) in [5.74, 6) is 4.20. The Balaban J connectivity index is 1.59. The maximum Gasteiger partial charge on any atom is 0.0599 e. The number of aliphatic hydroxyl groups excluding tert-OH is 1. The molecule has 0 bridgehead atoms. The van der Waals surface area contributed by atoms with E-state index in [4.69, 9.17) is 0 Å². The summed E-state index contributed by atoms with van der Waals surface area (Å²) in [6.45, 7) is 17.4. The highest BCUT2D eigenvalue weighted by Crippen LogP contribution is 2.69. The zero-order valence-corrected chi connectivity index (χ0v) is 22.6. The molecule has 1 heteroatoms. The van der Waals surface area contributed by atoms with E-state index in [2.05, 4.69) is 48.5 Å². The summed E-state index contributed by atoms with van der Waals surface area (Å²) in [5, 5.41) is 11.1. The van der Waals surface area contributed by atoms with Crippen molar-refractivity contribution in [2.75, 3.05) is 0 Å². The molecule has 32 heavy (non-hydrogen) atoms. The second-order valence-electron chi connectivity index (χ2n) is 13.6. The van der Waals surface area contributed by atoms with Crippen molar-refractivity contribution in [3.05, 3.63) is 11.1 Å². The third-order valence-electron chi connectivity index (χ3n) is 12.0. The fraction of sp³-hybridized carbons (Fsp3) is 0.935. The van der Waals surface area contributed by atoms with Gasteiger partial charge in [-0.3, -0.25) is 0 Å². The summed E-state index contributed by atoms with van der Waals surface area (Å²) in [4.78, 5) is 0. The predicted molar refractivity (Wildman–Crippen MR) is 138 cm³/mol. The van der Waals surface area contributed by atoms with Crippen LogP contribution in [0, 0.1) is 45.8 Å². The van der Waals surface area contributed by atoms with E-state index in [0.717, 1.165) is 42.9 Å². The van der Waals surface area contributed by atoms with Crippen LogP contribution in [0.1, 0.15) is 132 Å². The van der Waals surface area contributed by atoms with E-state index in [1.54, 1.807) is 0 Å². The molecule has 0 amide bonds. The highest BCUT2D eigenvalue weighted by atomic mass is 16.3. The zero-order chi connectivity index (χ0) is 23.3. The van der Waals surface area contributed by atoms with Crippen molar-refractivity contribution < 1.29 is 5.11 Å². The van der Waals surface area contributed by atoms with Gasteiger partial charge in [0, 0.05) is 0 Å². The number of rotatable bonds is 7. The predicted octanol–water partition coefficient (Wildman–Crippen LogP) is 8.95. The Morgan fingerprint density at radius 3 is 2.28 bits per heavy atom. The molecule has 2 fully saturated rings. The second-order valence-corrected chi connectivity index (χ2v) is 13.6. The third-order valence-corrected chi connectivity index (χ3v) is 12.0. The maximum atomic E-state index is 11.1. The molecule has 0 aliphatic heterocycles. The lowest BCUT2D eigenvalue weighted by atomic mass is 9.44. The lowest BCUT2D eigenvalue weighted by molar-refractivity contribution is -0.118. The number of hydrogen-bond acceptors (Lipinski definition) is 1. The molecule has 0 aromatic heterocycles. The van der Waals surface area contributed by atoms with Crippen LogP contribution in [0.15, 0.2) is 11.1 Å². The maximum absolute atomic E-state index is 11.1. The van der Waals surface area contributed by atoms with Gasteiger partial charge in [0.15, 0.2) is 0 Å². The number of fused-ring (bicyclic) bond motifs is 4. The average molecular weight is 443 g/mol. The van der Waals surface area contributed by atoms with Crippen molar-refractivity contribution in [2.24, 2.45) is 45.8 Å². The van der Waals surface area contributed by atoms with Crippen molar-refractivity contribution in [2.45, 2.75) is 138 Å². The third kappa shape index (κ3) is 3.67. The second kappa shape index (κ2) is 9.05. The summed E-state index contributed by atoms with van der Waals surface area (Å²) < 4.78 is 0. The fourth-order valence-electron chi connectivity index (χ4n) is 10.2. The summed E-state index contributed by atoms with van der Waals surface area (Å²) in [6.07, 6.45) is 17.0. The Labute approximate surface area is 200 Å². The molecular formula is C31H54O. The quantitative estimate of drug-likeness (QED) is 0.390. The van der Waals surface area contributed by atoms with Crippen LogP contribution in [0.3, 0.4) is 0 Å². The van der Waals surface area contributed by atoms with E-state index < -0.39 is 0 Å². The summed E-state index contributed by atoms with van der Waals surface area (Å²) in [6, 6.07) is 0. The lowest BCUT2D eigenvalue weighted by Crippen LogP contribution is -2.55. The van der Waals surface area contributed by atoms with E-state index in [0.29, 0.717) is 16.7 Å². The SMILES string of the molecule is CCC1(CC)C2CCC3=C(CC[C@]4(C)[C@@H]([C@H](C)CCCC(C)C)CC[C@@H]34)[C@@]2(C)CC[C@@H]1O. The largest absolute Gasteiger partial charge is 0.393 e. The Bertz CT molecular complexity index is 699. The van der Waals surface area contributed by atoms with Gasteiger partial charge in [-0.25, -0.2) is 0 Å². The van der Waals surface area contributed by atoms with E-state index in [-0.39, 0.29) is 11.5 Å². The van der Waals surface area contributed by atoms with Crippen LogP contribution in [0.5, 0.6) is 0 Å². The van der Waals surface area contributed by atoms with Gasteiger partial charge in [0.05, 0.1) is 6.10 Å². The van der Waals surface area contributed by atoms with E-state index >= 15 is 0 Å². The molecule has 2 saturated carbocycles. The van der Waals surface area contributed by atoms with Crippen LogP contribution >= 0.6 is 0 Å². The average Bonchev–Trinajstić information content (AvgIpc) is 3.11. The molecule has 7 atom stereocenters. The molecule has 4 aliphatic rings. The van der Waals surface area contributed by atoms with Crippen LogP contribution in [0.25, 0.3) is 0 Å². The summed E-state index contributed by atoms with van der Waals surface area (Å²) >= 11 is 0. The van der Waals surface area contributed by atoms with Gasteiger partial charge in [0.1, 0.15) is 0 Å². The molecular weight excluding hydrogens is 388 g/mol. The van der Waals surface area contributed by atoms with Crippen LogP contribution in [-0.4, -0.2) is 11.2 Å². The first-order valence-electron chi connectivity index (χ1n) is 14.5. The van der Waals surface area contributed by atoms with E-state index in [9.17, 15) is 5.11 Å². The first-order chi connectivity index (χ1) is 15.1. The highest BCUT2D eigenvalue weighted by Gasteiger charge is 2.60. The summed E-state index contributed by atoms with van der Waals surface area (Å²) in [7, 11) is 0. The topological polar surface area (TPSA) is 20.2 Å². The Morgan fingerprint density at radius 1 is 0.906 bits per heavy atom. The van der Waals surface area contributed by atoms with Crippen molar-refractivity contribution in [1.82, 2.24) is 0 Å². The van der Waals surface area contributed by atoms with Crippen LogP contribution in [0.4, 0.5) is 0 Å². The van der Waals surface area contributed by atoms with E-state index in [1.807, 2.05) is 11.1 Å². The van der Waals surface area contributed by atoms with Crippen LogP contribution in [-0.2, 0) is 0 Å². The summed E-state index contributed by atoms with van der Waals surface area (Å²) in [5.41, 5.74) is 4.85. The van der Waals surface area contributed by atoms with Gasteiger partial charge >= 0.3 is 0 Å². The Hall–Kier alpha value is -0.300. The van der Waals surface area contributed by atoms with Gasteiger partial charge in [-0.1, -0.05) is 78.9 Å². The molecule has 0 saturated heterocycles. The van der Waals surface area contributed by atoms with Crippen molar-refractivity contribution in [3.63, 3.8) is 0 Å². The van der Waals surface area contributed by atoms with Gasteiger partial charge in [0.25, 0.3) is 0 Å². The molecule has 0 heterocycles. The molecule has 1 N–H and O–H groups in total. The van der Waals surface area contributed by atoms with Gasteiger partial charge in [-0.2, -0.15) is 0 Å². The normalized spacial score (nSPS) is 41.9. The smallest absolute Gasteiger partial charge is 0.0599 e. The highest BCUT2D eigenvalue weighted by molar-refractivity contribution is 5.35. The number of aliphatic hydroxyl groups is 1. The lowest BCUT2D eigenvalue weighted by Gasteiger charge is -2.61. The molecule has 0 spiro atoms. The van der Waals surface area contributed by atoms with Gasteiger partial charge < -0.3 is 5.11 Å². The van der Waals surface area contributed by atoms with Gasteiger partial charge in [-0.05, 0) is 110 Å². The van der Waals surface area contributed by atoms with Crippen molar-refractivity contribution in [3.8, 4) is 0 Å². The molecule has 1 nitrogen and oxygen atoms in total. The number of hydrogen-bond donors (Lipinski definition) is 1. The number of allylic oxidation sites excluding steroid dienone is 2. The van der Waals surface area contributed by atoms with Crippen molar-refractivity contribution in [1.29, 1.82) is 0 Å². The van der Waals surface area contributed by atoms with E-state index in [1.165, 1.54) is 64.2 Å². The minimum Gasteiger partial charge on any atom is -0.393 e. The monoisotopic (exact) mass is 442 g/mol. The molecule has 4 rings (SSSR count). The first-order valence-corrected chi connectivity index (χ1v) is 14.5. The van der Waals surface area contributed by atoms with Crippen LogP contribution < -0.4 is 0 Å². The zero-order valence-electron chi connectivity index (χ0n) is 22.6. The minimum atomic E-state index is -0.0888. The molecule has 4 aliphatic carbocycles.